The lowest BCUT2D eigenvalue weighted by atomic mass is 9.76. The van der Waals surface area contributed by atoms with Gasteiger partial charge in [-0.15, -0.1) is 0 Å². The minimum Gasteiger partial charge on any atom is -0.489 e. The number of benzene rings is 5. The highest BCUT2D eigenvalue weighted by atomic mass is 16.5. The molecule has 0 radical (unpaired) electrons. The van der Waals surface area contributed by atoms with Crippen LogP contribution in [0.5, 0.6) is 5.75 Å². The number of nitrogens with one attached hydrogen (secondary N) is 1. The Morgan fingerprint density at radius 3 is 1.82 bits per heavy atom. The van der Waals surface area contributed by atoms with Crippen LogP contribution in [0.25, 0.3) is 6.08 Å². The van der Waals surface area contributed by atoms with Crippen LogP contribution in [0.2, 0.25) is 0 Å². The van der Waals surface area contributed by atoms with Gasteiger partial charge in [-0.05, 0) is 76.6 Å². The number of hydrogen-bond acceptors (Lipinski definition) is 5. The van der Waals surface area contributed by atoms with Gasteiger partial charge in [0.15, 0.2) is 0 Å². The molecule has 1 N–H and O–H groups in total. The summed E-state index contributed by atoms with van der Waals surface area (Å²) in [5.74, 6) is -0.502. The average Bonchev–Trinajstić information content (AvgIpc) is 3.14. The summed E-state index contributed by atoms with van der Waals surface area (Å²) in [4.78, 5) is 44.4. The highest BCUT2D eigenvalue weighted by molar-refractivity contribution is 6.39. The van der Waals surface area contributed by atoms with Crippen molar-refractivity contribution in [3.63, 3.8) is 0 Å². The van der Waals surface area contributed by atoms with Crippen LogP contribution in [0, 0.1) is 0 Å². The Morgan fingerprint density at radius 1 is 0.694 bits per heavy atom. The van der Waals surface area contributed by atoms with Crippen LogP contribution in [0.1, 0.15) is 58.1 Å². The maximum Gasteiger partial charge on any atom is 0.335 e. The predicted octanol–water partition coefficient (Wildman–Crippen LogP) is 7.81. The molecular formula is C42H35N3O4. The van der Waals surface area contributed by atoms with Crippen molar-refractivity contribution in [3.8, 4) is 5.75 Å². The Balaban J connectivity index is 1.16. The smallest absolute Gasteiger partial charge is 0.335 e. The molecule has 242 valence electrons. The van der Waals surface area contributed by atoms with E-state index in [1.165, 1.54) is 22.9 Å². The lowest BCUT2D eigenvalue weighted by molar-refractivity contribution is -0.122. The van der Waals surface area contributed by atoms with Crippen molar-refractivity contribution in [2.45, 2.75) is 31.3 Å². The summed E-state index contributed by atoms with van der Waals surface area (Å²) in [5, 5.41) is 2.43. The molecule has 4 amide bonds. The number of carbonyl (C=O) groups is 3. The SMILES string of the molecule is O=C1NC(=O)N(c2cc3c4c(c2)[C@@H](c2ccccc2)CCN4CC[C@@H]3c2ccccc2)C(=O)/C1=C/c1ccc(OCc2ccccc2)cc1. The number of hydrogen-bond donors (Lipinski definition) is 1. The fraction of sp³-hybridized carbons (Fsp3) is 0.167. The Morgan fingerprint density at radius 2 is 1.24 bits per heavy atom. The molecule has 3 heterocycles. The topological polar surface area (TPSA) is 79.0 Å². The van der Waals surface area contributed by atoms with Crippen LogP contribution in [0.15, 0.2) is 133 Å². The highest BCUT2D eigenvalue weighted by Gasteiger charge is 2.40. The van der Waals surface area contributed by atoms with Crippen molar-refractivity contribution >= 4 is 35.3 Å². The standard InChI is InChI=1S/C42H35N3O4/c46-40-38(24-28-16-18-33(19-17-28)49-27-29-10-4-1-5-11-29)41(47)45(42(48)43-40)32-25-36-34(30-12-6-2-7-13-30)20-22-44-23-21-35(37(26-32)39(36)44)31-14-8-3-9-15-31/h1-19,24-26,34-35H,20-23,27H2,(H,43,46,48)/b38-24+/t34-,35-/m1/s1. The third-order valence-electron chi connectivity index (χ3n) is 9.80. The number of urea groups is 1. The van der Waals surface area contributed by atoms with Gasteiger partial charge in [0.25, 0.3) is 11.8 Å². The highest BCUT2D eigenvalue weighted by Crippen LogP contribution is 2.50. The zero-order chi connectivity index (χ0) is 33.3. The maximum atomic E-state index is 14.2. The van der Waals surface area contributed by atoms with Gasteiger partial charge in [0, 0.05) is 30.6 Å². The second-order valence-corrected chi connectivity index (χ2v) is 12.8. The van der Waals surface area contributed by atoms with Crippen molar-refractivity contribution in [2.24, 2.45) is 0 Å². The summed E-state index contributed by atoms with van der Waals surface area (Å²) >= 11 is 0. The van der Waals surface area contributed by atoms with Gasteiger partial charge >= 0.3 is 6.03 Å². The van der Waals surface area contributed by atoms with E-state index in [9.17, 15) is 14.4 Å². The summed E-state index contributed by atoms with van der Waals surface area (Å²) < 4.78 is 5.91. The van der Waals surface area contributed by atoms with E-state index in [-0.39, 0.29) is 17.4 Å². The zero-order valence-electron chi connectivity index (χ0n) is 26.9. The Labute approximate surface area is 285 Å². The van der Waals surface area contributed by atoms with Gasteiger partial charge in [-0.3, -0.25) is 14.9 Å². The van der Waals surface area contributed by atoms with Crippen LogP contribution in [-0.4, -0.2) is 30.9 Å². The maximum absolute atomic E-state index is 14.2. The van der Waals surface area contributed by atoms with E-state index < -0.39 is 17.8 Å². The Kier molecular flexibility index (Phi) is 8.01. The van der Waals surface area contributed by atoms with E-state index in [0.717, 1.165) is 47.5 Å². The largest absolute Gasteiger partial charge is 0.489 e. The van der Waals surface area contributed by atoms with E-state index in [0.29, 0.717) is 23.6 Å². The second kappa shape index (κ2) is 12.9. The van der Waals surface area contributed by atoms with E-state index >= 15 is 0 Å². The molecule has 5 aromatic rings. The summed E-state index contributed by atoms with van der Waals surface area (Å²) in [7, 11) is 0. The Bertz CT molecular complexity index is 1990. The quantitative estimate of drug-likeness (QED) is 0.144. The molecule has 0 unspecified atom stereocenters. The summed E-state index contributed by atoms with van der Waals surface area (Å²) in [6.45, 7) is 2.29. The number of anilines is 2. The lowest BCUT2D eigenvalue weighted by Crippen LogP contribution is -2.54. The van der Waals surface area contributed by atoms with Gasteiger partial charge in [0.2, 0.25) is 0 Å². The fourth-order valence-electron chi connectivity index (χ4n) is 7.43. The number of amides is 4. The van der Waals surface area contributed by atoms with Gasteiger partial charge in [0.05, 0.1) is 5.69 Å². The molecule has 0 spiro atoms. The molecule has 5 aromatic carbocycles. The molecule has 3 aliphatic heterocycles. The summed E-state index contributed by atoms with van der Waals surface area (Å²) in [5.41, 5.74) is 7.83. The number of rotatable bonds is 7. The van der Waals surface area contributed by atoms with E-state index in [1.807, 2.05) is 54.6 Å². The molecule has 0 aromatic heterocycles. The molecular weight excluding hydrogens is 610 g/mol. The molecule has 0 saturated carbocycles. The molecule has 7 heteroatoms. The van der Waals surface area contributed by atoms with Gasteiger partial charge < -0.3 is 9.64 Å². The molecule has 7 nitrogen and oxygen atoms in total. The van der Waals surface area contributed by atoms with Crippen LogP contribution in [0.4, 0.5) is 16.2 Å². The molecule has 1 saturated heterocycles. The first-order valence-corrected chi connectivity index (χ1v) is 16.7. The first kappa shape index (κ1) is 30.4. The molecule has 49 heavy (non-hydrogen) atoms. The van der Waals surface area contributed by atoms with Crippen LogP contribution < -0.4 is 19.9 Å². The van der Waals surface area contributed by atoms with E-state index in [4.69, 9.17) is 4.74 Å². The van der Waals surface area contributed by atoms with Gasteiger partial charge in [-0.1, -0.05) is 103 Å². The minimum atomic E-state index is -0.750. The monoisotopic (exact) mass is 645 g/mol. The summed E-state index contributed by atoms with van der Waals surface area (Å²) in [6.07, 6.45) is 3.37. The number of barbiturate groups is 1. The van der Waals surface area contributed by atoms with Crippen LogP contribution in [0.3, 0.4) is 0 Å². The van der Waals surface area contributed by atoms with Crippen molar-refractivity contribution in [1.82, 2.24) is 5.32 Å². The van der Waals surface area contributed by atoms with Gasteiger partial charge in [0.1, 0.15) is 17.9 Å². The number of ether oxygens (including phenoxy) is 1. The minimum absolute atomic E-state index is 0.0999. The van der Waals surface area contributed by atoms with Crippen LogP contribution >= 0.6 is 0 Å². The van der Waals surface area contributed by atoms with E-state index in [1.54, 1.807) is 24.3 Å². The molecule has 0 bridgehead atoms. The van der Waals surface area contributed by atoms with Crippen LogP contribution in [-0.2, 0) is 16.2 Å². The van der Waals surface area contributed by atoms with E-state index in [2.05, 4.69) is 58.7 Å². The van der Waals surface area contributed by atoms with Crippen molar-refractivity contribution in [2.75, 3.05) is 22.9 Å². The molecule has 3 aliphatic rings. The first-order chi connectivity index (χ1) is 24.0. The average molecular weight is 646 g/mol. The number of carbonyl (C=O) groups excluding carboxylic acids is 3. The van der Waals surface area contributed by atoms with Crippen molar-refractivity contribution in [3.05, 3.63) is 166 Å². The second-order valence-electron chi connectivity index (χ2n) is 12.8. The molecule has 8 rings (SSSR count). The van der Waals surface area contributed by atoms with Gasteiger partial charge in [-0.25, -0.2) is 9.69 Å². The first-order valence-electron chi connectivity index (χ1n) is 16.7. The van der Waals surface area contributed by atoms with Crippen molar-refractivity contribution in [1.29, 1.82) is 0 Å². The summed E-state index contributed by atoms with van der Waals surface area (Å²) in [6, 6.07) is 41.1. The normalized spacial score (nSPS) is 19.4. The van der Waals surface area contributed by atoms with Gasteiger partial charge in [-0.2, -0.15) is 0 Å². The zero-order valence-corrected chi connectivity index (χ0v) is 26.9. The number of imide groups is 2. The lowest BCUT2D eigenvalue weighted by Gasteiger charge is -2.44. The fourth-order valence-corrected chi connectivity index (χ4v) is 7.43. The molecule has 2 atom stereocenters. The predicted molar refractivity (Wildman–Crippen MR) is 191 cm³/mol. The number of nitrogens with zero attached hydrogens (tertiary/aromatic N) is 2. The molecule has 0 aliphatic carbocycles. The third kappa shape index (κ3) is 5.89. The molecule has 1 fully saturated rings. The third-order valence-corrected chi connectivity index (χ3v) is 9.80. The Hall–Kier alpha value is -5.95. The van der Waals surface area contributed by atoms with Crippen molar-refractivity contribution < 1.29 is 19.1 Å².